The van der Waals surface area contributed by atoms with Crippen molar-refractivity contribution in [2.45, 2.75) is 26.3 Å². The molecule has 0 aliphatic rings. The number of carbonyl (C=O) groups is 1. The molecule has 6 heteroatoms. The van der Waals surface area contributed by atoms with Crippen LogP contribution in [0.15, 0.2) is 12.1 Å². The molecule has 1 atom stereocenters. The first-order valence-electron chi connectivity index (χ1n) is 6.26. The Bertz CT molecular complexity index is 450. The van der Waals surface area contributed by atoms with E-state index in [0.717, 1.165) is 12.0 Å². The SMILES string of the molecule is COc1cc(C)c(C(=O)NCCC(C)N)cc1OC.Cl. The Kier molecular flexibility index (Phi) is 8.03. The van der Waals surface area contributed by atoms with E-state index in [1.54, 1.807) is 26.4 Å². The third-order valence-corrected chi connectivity index (χ3v) is 2.86. The van der Waals surface area contributed by atoms with Gasteiger partial charge in [0.25, 0.3) is 5.91 Å². The van der Waals surface area contributed by atoms with E-state index in [1.165, 1.54) is 0 Å². The number of halogens is 1. The summed E-state index contributed by atoms with van der Waals surface area (Å²) in [5.41, 5.74) is 7.07. The van der Waals surface area contributed by atoms with Crippen molar-refractivity contribution in [3.05, 3.63) is 23.3 Å². The summed E-state index contributed by atoms with van der Waals surface area (Å²) in [6, 6.07) is 3.56. The Hall–Kier alpha value is -1.46. The van der Waals surface area contributed by atoms with E-state index >= 15 is 0 Å². The number of methoxy groups -OCH3 is 2. The maximum Gasteiger partial charge on any atom is 0.251 e. The van der Waals surface area contributed by atoms with E-state index in [0.29, 0.717) is 23.6 Å². The highest BCUT2D eigenvalue weighted by molar-refractivity contribution is 5.96. The van der Waals surface area contributed by atoms with Crippen LogP contribution in [-0.2, 0) is 0 Å². The van der Waals surface area contributed by atoms with Crippen molar-refractivity contribution in [3.63, 3.8) is 0 Å². The Morgan fingerprint density at radius 1 is 1.30 bits per heavy atom. The number of amides is 1. The van der Waals surface area contributed by atoms with E-state index < -0.39 is 0 Å². The molecule has 0 radical (unpaired) electrons. The first-order valence-corrected chi connectivity index (χ1v) is 6.26. The van der Waals surface area contributed by atoms with Crippen molar-refractivity contribution in [2.24, 2.45) is 5.73 Å². The van der Waals surface area contributed by atoms with Gasteiger partial charge in [0.2, 0.25) is 0 Å². The fourth-order valence-corrected chi connectivity index (χ4v) is 1.73. The van der Waals surface area contributed by atoms with Gasteiger partial charge in [-0.05, 0) is 38.0 Å². The van der Waals surface area contributed by atoms with Gasteiger partial charge in [0.1, 0.15) is 0 Å². The standard InChI is InChI=1S/C14H22N2O3.ClH/c1-9-7-12(18-3)13(19-4)8-11(9)14(17)16-6-5-10(2)15;/h7-8,10H,5-6,15H2,1-4H3,(H,16,17);1H. The third kappa shape index (κ3) is 4.90. The molecule has 5 nitrogen and oxygen atoms in total. The fourth-order valence-electron chi connectivity index (χ4n) is 1.73. The highest BCUT2D eigenvalue weighted by Gasteiger charge is 2.14. The average molecular weight is 303 g/mol. The molecule has 0 saturated carbocycles. The van der Waals surface area contributed by atoms with Crippen LogP contribution in [0.25, 0.3) is 0 Å². The minimum absolute atomic E-state index is 0. The topological polar surface area (TPSA) is 73.6 Å². The van der Waals surface area contributed by atoms with Crippen molar-refractivity contribution in [2.75, 3.05) is 20.8 Å². The highest BCUT2D eigenvalue weighted by Crippen LogP contribution is 2.30. The van der Waals surface area contributed by atoms with Gasteiger partial charge in [0.15, 0.2) is 11.5 Å². The summed E-state index contributed by atoms with van der Waals surface area (Å²) in [6.07, 6.45) is 0.748. The van der Waals surface area contributed by atoms with Gasteiger partial charge in [-0.2, -0.15) is 0 Å². The van der Waals surface area contributed by atoms with E-state index in [2.05, 4.69) is 5.32 Å². The second kappa shape index (κ2) is 8.66. The van der Waals surface area contributed by atoms with Crippen LogP contribution in [0.2, 0.25) is 0 Å². The monoisotopic (exact) mass is 302 g/mol. The molecule has 0 heterocycles. The minimum atomic E-state index is -0.126. The number of aryl methyl sites for hydroxylation is 1. The van der Waals surface area contributed by atoms with Crippen molar-refractivity contribution in [1.82, 2.24) is 5.32 Å². The lowest BCUT2D eigenvalue weighted by molar-refractivity contribution is 0.0952. The smallest absolute Gasteiger partial charge is 0.251 e. The molecular formula is C14H23ClN2O3. The Balaban J connectivity index is 0.00000361. The van der Waals surface area contributed by atoms with Crippen molar-refractivity contribution >= 4 is 18.3 Å². The Morgan fingerprint density at radius 2 is 1.85 bits per heavy atom. The van der Waals surface area contributed by atoms with Crippen LogP contribution in [0.5, 0.6) is 11.5 Å². The van der Waals surface area contributed by atoms with Crippen molar-refractivity contribution in [3.8, 4) is 11.5 Å². The summed E-state index contributed by atoms with van der Waals surface area (Å²) in [4.78, 5) is 12.1. The fraction of sp³-hybridized carbons (Fsp3) is 0.500. The highest BCUT2D eigenvalue weighted by atomic mass is 35.5. The maximum atomic E-state index is 12.1. The number of nitrogens with one attached hydrogen (secondary N) is 1. The third-order valence-electron chi connectivity index (χ3n) is 2.86. The Labute approximate surface area is 126 Å². The van der Waals surface area contributed by atoms with E-state index in [4.69, 9.17) is 15.2 Å². The summed E-state index contributed by atoms with van der Waals surface area (Å²) in [6.45, 7) is 4.33. The summed E-state index contributed by atoms with van der Waals surface area (Å²) < 4.78 is 10.4. The predicted molar refractivity (Wildman–Crippen MR) is 82.1 cm³/mol. The predicted octanol–water partition coefficient (Wildman–Crippen LogP) is 1.90. The number of nitrogens with two attached hydrogens (primary N) is 1. The molecule has 1 aromatic carbocycles. The molecule has 0 aromatic heterocycles. The lowest BCUT2D eigenvalue weighted by atomic mass is 10.1. The molecule has 1 amide bonds. The van der Waals surface area contributed by atoms with Crippen LogP contribution >= 0.6 is 12.4 Å². The van der Waals surface area contributed by atoms with Crippen LogP contribution in [0, 0.1) is 6.92 Å². The van der Waals surface area contributed by atoms with Crippen LogP contribution in [-0.4, -0.2) is 32.7 Å². The number of benzene rings is 1. The quantitative estimate of drug-likeness (QED) is 0.842. The summed E-state index contributed by atoms with van der Waals surface area (Å²) in [5, 5.41) is 2.84. The molecule has 20 heavy (non-hydrogen) atoms. The van der Waals surface area contributed by atoms with Gasteiger partial charge in [0, 0.05) is 18.2 Å². The molecule has 3 N–H and O–H groups in total. The first kappa shape index (κ1) is 18.5. The largest absolute Gasteiger partial charge is 0.493 e. The molecular weight excluding hydrogens is 280 g/mol. The zero-order valence-corrected chi connectivity index (χ0v) is 13.2. The second-order valence-corrected chi connectivity index (χ2v) is 4.54. The number of hydrogen-bond acceptors (Lipinski definition) is 4. The van der Waals surface area contributed by atoms with E-state index in [-0.39, 0.29) is 24.4 Å². The maximum absolute atomic E-state index is 12.1. The van der Waals surface area contributed by atoms with Gasteiger partial charge in [0.05, 0.1) is 14.2 Å². The number of hydrogen-bond donors (Lipinski definition) is 2. The molecule has 0 saturated heterocycles. The van der Waals surface area contributed by atoms with Gasteiger partial charge < -0.3 is 20.5 Å². The van der Waals surface area contributed by atoms with Gasteiger partial charge in [-0.15, -0.1) is 12.4 Å². The molecule has 1 aromatic rings. The van der Waals surface area contributed by atoms with Crippen LogP contribution in [0.1, 0.15) is 29.3 Å². The lowest BCUT2D eigenvalue weighted by Gasteiger charge is -2.13. The summed E-state index contributed by atoms with van der Waals surface area (Å²) in [5.74, 6) is 1.04. The van der Waals surface area contributed by atoms with Gasteiger partial charge in [-0.3, -0.25) is 4.79 Å². The number of carbonyl (C=O) groups excluding carboxylic acids is 1. The van der Waals surface area contributed by atoms with Crippen LogP contribution < -0.4 is 20.5 Å². The van der Waals surface area contributed by atoms with Crippen LogP contribution in [0.4, 0.5) is 0 Å². The molecule has 0 aliphatic carbocycles. The van der Waals surface area contributed by atoms with Gasteiger partial charge in [-0.1, -0.05) is 0 Å². The Morgan fingerprint density at radius 3 is 2.35 bits per heavy atom. The summed E-state index contributed by atoms with van der Waals surface area (Å²) in [7, 11) is 3.12. The molecule has 114 valence electrons. The number of rotatable bonds is 6. The number of ether oxygens (including phenoxy) is 2. The average Bonchev–Trinajstić information content (AvgIpc) is 2.37. The van der Waals surface area contributed by atoms with Gasteiger partial charge in [-0.25, -0.2) is 0 Å². The van der Waals surface area contributed by atoms with Crippen molar-refractivity contribution < 1.29 is 14.3 Å². The van der Waals surface area contributed by atoms with Gasteiger partial charge >= 0.3 is 0 Å². The molecule has 1 unspecified atom stereocenters. The van der Waals surface area contributed by atoms with Crippen molar-refractivity contribution in [1.29, 1.82) is 0 Å². The molecule has 0 aliphatic heterocycles. The zero-order valence-electron chi connectivity index (χ0n) is 12.4. The minimum Gasteiger partial charge on any atom is -0.493 e. The second-order valence-electron chi connectivity index (χ2n) is 4.54. The van der Waals surface area contributed by atoms with Crippen LogP contribution in [0.3, 0.4) is 0 Å². The van der Waals surface area contributed by atoms with E-state index in [9.17, 15) is 4.79 Å². The lowest BCUT2D eigenvalue weighted by Crippen LogP contribution is -2.29. The first-order chi connectivity index (χ1) is 8.99. The normalized spacial score (nSPS) is 11.2. The molecule has 0 fully saturated rings. The van der Waals surface area contributed by atoms with E-state index in [1.807, 2.05) is 13.8 Å². The molecule has 0 spiro atoms. The molecule has 1 rings (SSSR count). The molecule has 0 bridgehead atoms. The zero-order chi connectivity index (χ0) is 14.4. The summed E-state index contributed by atoms with van der Waals surface area (Å²) >= 11 is 0.